The van der Waals surface area contributed by atoms with E-state index < -0.39 is 0 Å². The summed E-state index contributed by atoms with van der Waals surface area (Å²) in [6.07, 6.45) is 1.40. The molecule has 0 spiro atoms. The molecular formula is C15H15ClN6O. The van der Waals surface area contributed by atoms with E-state index in [2.05, 4.69) is 20.2 Å². The first kappa shape index (κ1) is 16.5. The third kappa shape index (κ3) is 3.87. The van der Waals surface area contributed by atoms with Crippen molar-refractivity contribution in [2.24, 2.45) is 0 Å². The first-order chi connectivity index (χ1) is 11.1. The molecule has 0 unspecified atom stereocenters. The van der Waals surface area contributed by atoms with Crippen LogP contribution >= 0.6 is 11.6 Å². The van der Waals surface area contributed by atoms with Crippen molar-refractivity contribution in [3.05, 3.63) is 40.8 Å². The Morgan fingerprint density at radius 2 is 2.17 bits per heavy atom. The van der Waals surface area contributed by atoms with Gasteiger partial charge in [-0.05, 0) is 32.0 Å². The molecule has 2 heterocycles. The summed E-state index contributed by atoms with van der Waals surface area (Å²) in [6.45, 7) is 4.36. The zero-order valence-corrected chi connectivity index (χ0v) is 13.4. The van der Waals surface area contributed by atoms with Crippen LogP contribution in [0.3, 0.4) is 0 Å². The number of benzene rings is 1. The number of H-pyrrole nitrogens is 1. The van der Waals surface area contributed by atoms with Gasteiger partial charge in [-0.25, -0.2) is 9.97 Å². The van der Waals surface area contributed by atoms with Crippen LogP contribution in [0.4, 0.5) is 5.82 Å². The van der Waals surface area contributed by atoms with Crippen LogP contribution in [-0.4, -0.2) is 26.8 Å². The molecule has 7 nitrogen and oxygen atoms in total. The predicted octanol–water partition coefficient (Wildman–Crippen LogP) is 2.85. The van der Waals surface area contributed by atoms with Crippen molar-refractivity contribution < 1.29 is 4.74 Å². The molecule has 23 heavy (non-hydrogen) atoms. The van der Waals surface area contributed by atoms with Gasteiger partial charge in [0.2, 0.25) is 0 Å². The van der Waals surface area contributed by atoms with Gasteiger partial charge in [0, 0.05) is 5.69 Å². The molecule has 3 aromatic rings. The highest BCUT2D eigenvalue weighted by molar-refractivity contribution is 6.31. The summed E-state index contributed by atoms with van der Waals surface area (Å²) in [5, 5.41) is 16.6. The monoisotopic (exact) mass is 330 g/mol. The Labute approximate surface area is 138 Å². The molecule has 0 fully saturated rings. The van der Waals surface area contributed by atoms with Crippen molar-refractivity contribution >= 4 is 28.5 Å². The van der Waals surface area contributed by atoms with Crippen LogP contribution in [-0.2, 0) is 0 Å². The summed E-state index contributed by atoms with van der Waals surface area (Å²) in [5.41, 5.74) is 7.56. The lowest BCUT2D eigenvalue weighted by atomic mass is 10.2. The third-order valence-corrected chi connectivity index (χ3v) is 3.26. The molecule has 0 bridgehead atoms. The molecule has 3 N–H and O–H groups in total. The van der Waals surface area contributed by atoms with Crippen molar-refractivity contribution in [1.82, 2.24) is 20.2 Å². The number of nitrogens with two attached hydrogens (primary N) is 1. The lowest BCUT2D eigenvalue weighted by molar-refractivity contribution is 0.340. The Kier molecular flexibility index (Phi) is 5.33. The molecule has 0 amide bonds. The minimum absolute atomic E-state index is 0.447. The fourth-order valence-corrected chi connectivity index (χ4v) is 2.03. The quantitative estimate of drug-likeness (QED) is 0.746. The van der Waals surface area contributed by atoms with Gasteiger partial charge in [0.25, 0.3) is 0 Å². The van der Waals surface area contributed by atoms with Crippen LogP contribution in [0.1, 0.15) is 18.2 Å². The van der Waals surface area contributed by atoms with Crippen LogP contribution in [0.2, 0.25) is 5.02 Å². The summed E-state index contributed by atoms with van der Waals surface area (Å²) >= 11 is 5.72. The molecule has 0 saturated carbocycles. The number of rotatable bonds is 2. The van der Waals surface area contributed by atoms with E-state index in [-0.39, 0.29) is 0 Å². The Bertz CT molecular complexity index is 855. The van der Waals surface area contributed by atoms with Crippen molar-refractivity contribution in [1.29, 1.82) is 5.26 Å². The molecule has 118 valence electrons. The Morgan fingerprint density at radius 1 is 1.39 bits per heavy atom. The van der Waals surface area contributed by atoms with E-state index in [9.17, 15) is 0 Å². The second-order valence-corrected chi connectivity index (χ2v) is 4.90. The van der Waals surface area contributed by atoms with Crippen molar-refractivity contribution in [2.45, 2.75) is 13.8 Å². The van der Waals surface area contributed by atoms with E-state index in [1.54, 1.807) is 18.2 Å². The van der Waals surface area contributed by atoms with Gasteiger partial charge < -0.3 is 10.5 Å². The normalized spacial score (nSPS) is 9.83. The number of anilines is 1. The highest BCUT2D eigenvalue weighted by Gasteiger charge is 2.05. The molecule has 0 aliphatic carbocycles. The fraction of sp³-hybridized carbons (Fsp3) is 0.200. The first-order valence-electron chi connectivity index (χ1n) is 6.80. The van der Waals surface area contributed by atoms with Gasteiger partial charge in [0.1, 0.15) is 24.0 Å². The molecule has 0 atom stereocenters. The average molecular weight is 331 g/mol. The summed E-state index contributed by atoms with van der Waals surface area (Å²) < 4.78 is 5.19. The molecule has 3 rings (SSSR count). The number of fused-ring (bicyclic) bond motifs is 1. The van der Waals surface area contributed by atoms with E-state index in [0.29, 0.717) is 34.4 Å². The van der Waals surface area contributed by atoms with Crippen LogP contribution in [0.25, 0.3) is 11.0 Å². The summed E-state index contributed by atoms with van der Waals surface area (Å²) in [4.78, 5) is 7.78. The van der Waals surface area contributed by atoms with Crippen LogP contribution in [0.5, 0.6) is 5.75 Å². The van der Waals surface area contributed by atoms with E-state index in [1.807, 2.05) is 19.9 Å². The van der Waals surface area contributed by atoms with Gasteiger partial charge in [-0.2, -0.15) is 10.4 Å². The van der Waals surface area contributed by atoms with Crippen molar-refractivity contribution in [3.8, 4) is 11.8 Å². The third-order valence-electron chi connectivity index (χ3n) is 2.93. The second-order valence-electron chi connectivity index (χ2n) is 4.49. The van der Waals surface area contributed by atoms with Crippen LogP contribution in [0, 0.1) is 18.3 Å². The average Bonchev–Trinajstić information content (AvgIpc) is 2.93. The fourth-order valence-electron chi connectivity index (χ4n) is 1.87. The van der Waals surface area contributed by atoms with Gasteiger partial charge in [-0.3, -0.25) is 5.10 Å². The highest BCUT2D eigenvalue weighted by atomic mass is 35.5. The minimum atomic E-state index is 0.447. The topological polar surface area (TPSA) is 114 Å². The lowest BCUT2D eigenvalue weighted by Crippen LogP contribution is -1.91. The molecule has 8 heteroatoms. The van der Waals surface area contributed by atoms with E-state index >= 15 is 0 Å². The van der Waals surface area contributed by atoms with E-state index in [4.69, 9.17) is 27.3 Å². The van der Waals surface area contributed by atoms with Gasteiger partial charge in [-0.15, -0.1) is 0 Å². The predicted molar refractivity (Wildman–Crippen MR) is 88.2 cm³/mol. The first-order valence-corrected chi connectivity index (χ1v) is 7.18. The Morgan fingerprint density at radius 3 is 2.83 bits per heavy atom. The van der Waals surface area contributed by atoms with E-state index in [0.717, 1.165) is 11.1 Å². The zero-order chi connectivity index (χ0) is 16.8. The number of aromatic nitrogens is 4. The highest BCUT2D eigenvalue weighted by Crippen LogP contribution is 2.21. The lowest BCUT2D eigenvalue weighted by Gasteiger charge is -2.02. The molecule has 0 saturated heterocycles. The zero-order valence-electron chi connectivity index (χ0n) is 12.7. The molecule has 0 aliphatic rings. The van der Waals surface area contributed by atoms with Crippen LogP contribution < -0.4 is 10.5 Å². The van der Waals surface area contributed by atoms with Gasteiger partial charge in [-0.1, -0.05) is 11.6 Å². The molecule has 2 aromatic heterocycles. The summed E-state index contributed by atoms with van der Waals surface area (Å²) in [6, 6.07) is 7.01. The second kappa shape index (κ2) is 7.42. The number of hydrogen-bond donors (Lipinski definition) is 2. The standard InChI is InChI=1S/C9H8ClNO.C6H7N5/c1-2-12-8-3-4-9(10)7(5-8)6-11;1-3-4-5(7)8-2-9-6(4)11-10-3/h3-5H,2H2,1H3;2H,1H3,(H3,7,8,9,10,11). The Hall–Kier alpha value is -2.85. The molecule has 1 aromatic carbocycles. The van der Waals surface area contributed by atoms with Crippen molar-refractivity contribution in [2.75, 3.05) is 12.3 Å². The number of nitrogen functional groups attached to an aromatic ring is 1. The minimum Gasteiger partial charge on any atom is -0.494 e. The molecular weight excluding hydrogens is 316 g/mol. The van der Waals surface area contributed by atoms with E-state index in [1.165, 1.54) is 6.33 Å². The smallest absolute Gasteiger partial charge is 0.186 e. The van der Waals surface area contributed by atoms with Gasteiger partial charge >= 0.3 is 0 Å². The van der Waals surface area contributed by atoms with Gasteiger partial charge in [0.05, 0.1) is 22.6 Å². The number of aryl methyl sites for hydroxylation is 1. The number of nitrogens with zero attached hydrogens (tertiary/aromatic N) is 4. The number of nitrogens with one attached hydrogen (secondary N) is 1. The summed E-state index contributed by atoms with van der Waals surface area (Å²) in [7, 11) is 0. The summed E-state index contributed by atoms with van der Waals surface area (Å²) in [5.74, 6) is 1.15. The van der Waals surface area contributed by atoms with Gasteiger partial charge in [0.15, 0.2) is 5.65 Å². The number of nitriles is 1. The maximum absolute atomic E-state index is 8.62. The SMILES string of the molecule is CCOc1ccc(Cl)c(C#N)c1.Cc1[nH]nc2ncnc(N)c12. The van der Waals surface area contributed by atoms with Crippen LogP contribution in [0.15, 0.2) is 24.5 Å². The van der Waals surface area contributed by atoms with Crippen molar-refractivity contribution in [3.63, 3.8) is 0 Å². The maximum Gasteiger partial charge on any atom is 0.186 e. The number of hydrogen-bond acceptors (Lipinski definition) is 6. The largest absolute Gasteiger partial charge is 0.494 e. The maximum atomic E-state index is 8.62. The molecule has 0 radical (unpaired) electrons. The molecule has 0 aliphatic heterocycles. The Balaban J connectivity index is 0.000000167. The number of aromatic amines is 1. The number of ether oxygens (including phenoxy) is 1. The number of halogens is 1.